The molecule has 29 heavy (non-hydrogen) atoms. The van der Waals surface area contributed by atoms with E-state index in [-0.39, 0.29) is 18.5 Å². The normalized spacial score (nSPS) is 13.4. The third kappa shape index (κ3) is 3.72. The van der Waals surface area contributed by atoms with Gasteiger partial charge in [-0.15, -0.1) is 0 Å². The summed E-state index contributed by atoms with van der Waals surface area (Å²) in [4.78, 5) is 29.6. The van der Waals surface area contributed by atoms with Crippen LogP contribution in [0.5, 0.6) is 0 Å². The molecule has 7 nitrogen and oxygen atoms in total. The molecule has 1 aromatic carbocycles. The van der Waals surface area contributed by atoms with Crippen LogP contribution in [-0.2, 0) is 10.2 Å². The molecule has 0 radical (unpaired) electrons. The van der Waals surface area contributed by atoms with Gasteiger partial charge in [0.2, 0.25) is 0 Å². The first kappa shape index (κ1) is 20.5. The Labute approximate surface area is 169 Å². The predicted molar refractivity (Wildman–Crippen MR) is 111 cm³/mol. The molecule has 0 saturated carbocycles. The fourth-order valence-corrected chi connectivity index (χ4v) is 3.54. The largest absolute Gasteiger partial charge is 0.481 e. The standard InChI is InChI=1S/C22H26N4O3/c1-5-22(21(28)29,17-9-7-6-8-10-17)13-23-20(27)18-11-16-12-24-26(14(2)3)19(16)25-15(18)4/h6-12,14H,5,13H2,1-4H3,(H,23,27)(H,28,29). The fraction of sp³-hybridized carbons (Fsp3) is 0.364. The number of nitrogens with one attached hydrogen (secondary N) is 1. The van der Waals surface area contributed by atoms with Crippen LogP contribution in [0.1, 0.15) is 54.8 Å². The first-order valence-corrected chi connectivity index (χ1v) is 9.72. The van der Waals surface area contributed by atoms with Gasteiger partial charge in [0.15, 0.2) is 5.65 Å². The van der Waals surface area contributed by atoms with Gasteiger partial charge in [0.05, 0.1) is 17.5 Å². The van der Waals surface area contributed by atoms with Crippen LogP contribution in [0.15, 0.2) is 42.6 Å². The van der Waals surface area contributed by atoms with Crippen molar-refractivity contribution in [2.24, 2.45) is 0 Å². The van der Waals surface area contributed by atoms with E-state index in [9.17, 15) is 14.7 Å². The summed E-state index contributed by atoms with van der Waals surface area (Å²) in [7, 11) is 0. The number of aryl methyl sites for hydroxylation is 1. The van der Waals surface area contributed by atoms with Gasteiger partial charge in [-0.3, -0.25) is 9.59 Å². The van der Waals surface area contributed by atoms with Crippen LogP contribution in [0.3, 0.4) is 0 Å². The van der Waals surface area contributed by atoms with Crippen LogP contribution < -0.4 is 5.32 Å². The number of aliphatic carboxylic acids is 1. The van der Waals surface area contributed by atoms with Crippen LogP contribution >= 0.6 is 0 Å². The third-order valence-electron chi connectivity index (χ3n) is 5.38. The van der Waals surface area contributed by atoms with Crippen molar-refractivity contribution in [1.82, 2.24) is 20.1 Å². The monoisotopic (exact) mass is 394 g/mol. The molecule has 0 aliphatic heterocycles. The summed E-state index contributed by atoms with van der Waals surface area (Å²) in [6, 6.07) is 10.9. The molecule has 2 N–H and O–H groups in total. The molecule has 2 aromatic heterocycles. The molecule has 152 valence electrons. The third-order valence-corrected chi connectivity index (χ3v) is 5.38. The summed E-state index contributed by atoms with van der Waals surface area (Å²) in [5.74, 6) is -1.31. The average molecular weight is 394 g/mol. The molecule has 0 fully saturated rings. The molecule has 1 atom stereocenters. The summed E-state index contributed by atoms with van der Waals surface area (Å²) < 4.78 is 1.81. The molecule has 0 spiro atoms. The van der Waals surface area contributed by atoms with Crippen molar-refractivity contribution in [3.8, 4) is 0 Å². The van der Waals surface area contributed by atoms with E-state index in [1.807, 2.05) is 31.5 Å². The minimum Gasteiger partial charge on any atom is -0.481 e. The summed E-state index contributed by atoms with van der Waals surface area (Å²) in [6.07, 6.45) is 2.04. The van der Waals surface area contributed by atoms with E-state index >= 15 is 0 Å². The lowest BCUT2D eigenvalue weighted by atomic mass is 9.78. The number of hydrogen-bond donors (Lipinski definition) is 2. The number of nitrogens with zero attached hydrogens (tertiary/aromatic N) is 3. The SMILES string of the molecule is CCC(CNC(=O)c1cc2cnn(C(C)C)c2nc1C)(C(=O)O)c1ccccc1. The predicted octanol–water partition coefficient (Wildman–Crippen LogP) is 3.48. The number of pyridine rings is 1. The van der Waals surface area contributed by atoms with Crippen molar-refractivity contribution >= 4 is 22.9 Å². The summed E-state index contributed by atoms with van der Waals surface area (Å²) >= 11 is 0. The van der Waals surface area contributed by atoms with Gasteiger partial charge in [0.1, 0.15) is 5.41 Å². The van der Waals surface area contributed by atoms with Crippen molar-refractivity contribution in [1.29, 1.82) is 0 Å². The van der Waals surface area contributed by atoms with Gasteiger partial charge >= 0.3 is 5.97 Å². The Morgan fingerprint density at radius 3 is 2.52 bits per heavy atom. The maximum atomic E-state index is 12.9. The van der Waals surface area contributed by atoms with Crippen LogP contribution in [-0.4, -0.2) is 38.3 Å². The number of hydrogen-bond acceptors (Lipinski definition) is 4. The zero-order chi connectivity index (χ0) is 21.2. The second-order valence-corrected chi connectivity index (χ2v) is 7.51. The highest BCUT2D eigenvalue weighted by molar-refractivity contribution is 5.98. The smallest absolute Gasteiger partial charge is 0.315 e. The Kier molecular flexibility index (Phi) is 5.68. The van der Waals surface area contributed by atoms with E-state index in [4.69, 9.17) is 0 Å². The molecule has 0 aliphatic rings. The van der Waals surface area contributed by atoms with Gasteiger partial charge in [-0.25, -0.2) is 9.67 Å². The van der Waals surface area contributed by atoms with Gasteiger partial charge in [-0.05, 0) is 38.8 Å². The number of carbonyl (C=O) groups is 2. The van der Waals surface area contributed by atoms with Gasteiger partial charge in [0, 0.05) is 18.0 Å². The van der Waals surface area contributed by atoms with Crippen molar-refractivity contribution in [2.75, 3.05) is 6.54 Å². The Balaban J connectivity index is 1.89. The fourth-order valence-electron chi connectivity index (χ4n) is 3.54. The first-order chi connectivity index (χ1) is 13.8. The van der Waals surface area contributed by atoms with Gasteiger partial charge in [-0.1, -0.05) is 37.3 Å². The van der Waals surface area contributed by atoms with Gasteiger partial charge in [-0.2, -0.15) is 5.10 Å². The second kappa shape index (κ2) is 8.03. The number of rotatable bonds is 7. The molecule has 0 saturated heterocycles. The van der Waals surface area contributed by atoms with Crippen molar-refractivity contribution in [2.45, 2.75) is 45.6 Å². The van der Waals surface area contributed by atoms with E-state index in [0.717, 1.165) is 11.0 Å². The zero-order valence-electron chi connectivity index (χ0n) is 17.1. The first-order valence-electron chi connectivity index (χ1n) is 9.72. The molecular formula is C22H26N4O3. The van der Waals surface area contributed by atoms with E-state index in [0.29, 0.717) is 23.2 Å². The molecular weight excluding hydrogens is 368 g/mol. The van der Waals surface area contributed by atoms with E-state index in [2.05, 4.69) is 15.4 Å². The lowest BCUT2D eigenvalue weighted by Gasteiger charge is -2.29. The minimum atomic E-state index is -1.19. The van der Waals surface area contributed by atoms with Gasteiger partial charge in [0.25, 0.3) is 5.91 Å². The van der Waals surface area contributed by atoms with E-state index < -0.39 is 11.4 Å². The Morgan fingerprint density at radius 2 is 1.93 bits per heavy atom. The highest BCUT2D eigenvalue weighted by atomic mass is 16.4. The van der Waals surface area contributed by atoms with Crippen LogP contribution in [0.4, 0.5) is 0 Å². The topological polar surface area (TPSA) is 97.1 Å². The van der Waals surface area contributed by atoms with Crippen molar-refractivity contribution in [3.05, 3.63) is 59.4 Å². The van der Waals surface area contributed by atoms with E-state index in [1.54, 1.807) is 43.5 Å². The number of amides is 1. The molecule has 3 rings (SSSR count). The number of fused-ring (bicyclic) bond motifs is 1. The van der Waals surface area contributed by atoms with Crippen LogP contribution in [0, 0.1) is 6.92 Å². The quantitative estimate of drug-likeness (QED) is 0.639. The summed E-state index contributed by atoms with van der Waals surface area (Å²) in [6.45, 7) is 7.61. The Bertz CT molecular complexity index is 1040. The maximum Gasteiger partial charge on any atom is 0.315 e. The lowest BCUT2D eigenvalue weighted by molar-refractivity contribution is -0.143. The number of carboxylic acids is 1. The molecule has 7 heteroatoms. The molecule has 2 heterocycles. The maximum absolute atomic E-state index is 12.9. The molecule has 3 aromatic rings. The van der Waals surface area contributed by atoms with Crippen LogP contribution in [0.2, 0.25) is 0 Å². The average Bonchev–Trinajstić information content (AvgIpc) is 3.11. The van der Waals surface area contributed by atoms with E-state index in [1.165, 1.54) is 0 Å². The number of carbonyl (C=O) groups excluding carboxylic acids is 1. The number of benzene rings is 1. The Hall–Kier alpha value is -3.22. The minimum absolute atomic E-state index is 0.00951. The molecule has 0 aliphatic carbocycles. The summed E-state index contributed by atoms with van der Waals surface area (Å²) in [5.41, 5.74) is 1.20. The molecule has 1 amide bonds. The van der Waals surface area contributed by atoms with Crippen LogP contribution in [0.25, 0.3) is 11.0 Å². The number of carboxylic acid groups (broad SMARTS) is 1. The van der Waals surface area contributed by atoms with Crippen molar-refractivity contribution in [3.63, 3.8) is 0 Å². The number of aromatic nitrogens is 3. The second-order valence-electron chi connectivity index (χ2n) is 7.51. The zero-order valence-corrected chi connectivity index (χ0v) is 17.1. The molecule has 1 unspecified atom stereocenters. The molecule has 0 bridgehead atoms. The Morgan fingerprint density at radius 1 is 1.24 bits per heavy atom. The van der Waals surface area contributed by atoms with Crippen molar-refractivity contribution < 1.29 is 14.7 Å². The summed E-state index contributed by atoms with van der Waals surface area (Å²) in [5, 5.41) is 17.9. The lowest BCUT2D eigenvalue weighted by Crippen LogP contribution is -2.46. The highest BCUT2D eigenvalue weighted by Gasteiger charge is 2.39. The van der Waals surface area contributed by atoms with Gasteiger partial charge < -0.3 is 10.4 Å². The highest BCUT2D eigenvalue weighted by Crippen LogP contribution is 2.28.